The van der Waals surface area contributed by atoms with E-state index in [0.29, 0.717) is 12.2 Å². The number of hydrogen-bond acceptors (Lipinski definition) is 5. The first-order valence-corrected chi connectivity index (χ1v) is 9.62. The second-order valence-corrected chi connectivity index (χ2v) is 7.00. The number of ether oxygens (including phenoxy) is 1. The molecule has 0 radical (unpaired) electrons. The molecule has 7 heteroatoms. The van der Waals surface area contributed by atoms with Gasteiger partial charge in [0.1, 0.15) is 5.69 Å². The highest BCUT2D eigenvalue weighted by atomic mass is 16.5. The van der Waals surface area contributed by atoms with E-state index < -0.39 is 12.1 Å². The maximum Gasteiger partial charge on any atom is 0.331 e. The zero-order chi connectivity index (χ0) is 21.5. The van der Waals surface area contributed by atoms with Gasteiger partial charge in [-0.3, -0.25) is 4.79 Å². The van der Waals surface area contributed by atoms with Crippen LogP contribution < -0.4 is 5.32 Å². The molecule has 1 N–H and O–H groups in total. The van der Waals surface area contributed by atoms with E-state index in [0.717, 1.165) is 22.4 Å². The van der Waals surface area contributed by atoms with E-state index in [1.807, 2.05) is 62.4 Å². The number of amides is 1. The Kier molecular flexibility index (Phi) is 6.75. The zero-order valence-electron chi connectivity index (χ0n) is 17.2. The summed E-state index contributed by atoms with van der Waals surface area (Å²) < 4.78 is 6.88. The molecule has 7 nitrogen and oxygen atoms in total. The van der Waals surface area contributed by atoms with E-state index in [-0.39, 0.29) is 5.91 Å². The highest BCUT2D eigenvalue weighted by Crippen LogP contribution is 2.19. The Hall–Kier alpha value is -3.74. The monoisotopic (exact) mass is 404 g/mol. The van der Waals surface area contributed by atoms with Gasteiger partial charge in [-0.05, 0) is 43.5 Å². The lowest BCUT2D eigenvalue weighted by Crippen LogP contribution is -2.30. The molecule has 1 heterocycles. The maximum atomic E-state index is 12.4. The Bertz CT molecular complexity index is 1040. The van der Waals surface area contributed by atoms with E-state index in [1.54, 1.807) is 10.9 Å². The third-order valence-electron chi connectivity index (χ3n) is 4.53. The average molecular weight is 404 g/mol. The molecule has 30 heavy (non-hydrogen) atoms. The van der Waals surface area contributed by atoms with Crippen molar-refractivity contribution in [2.24, 2.45) is 0 Å². The summed E-state index contributed by atoms with van der Waals surface area (Å²) in [7, 11) is 0. The summed E-state index contributed by atoms with van der Waals surface area (Å²) in [4.78, 5) is 24.4. The van der Waals surface area contributed by atoms with E-state index in [2.05, 4.69) is 15.6 Å². The van der Waals surface area contributed by atoms with Gasteiger partial charge in [-0.15, -0.1) is 5.10 Å². The van der Waals surface area contributed by atoms with Crippen LogP contribution in [0.1, 0.15) is 29.3 Å². The third kappa shape index (κ3) is 5.64. The van der Waals surface area contributed by atoms with Gasteiger partial charge in [-0.25, -0.2) is 9.48 Å². The Balaban J connectivity index is 1.53. The van der Waals surface area contributed by atoms with E-state index >= 15 is 0 Å². The number of aromatic nitrogens is 3. The number of carbonyl (C=O) groups excluding carboxylic acids is 2. The van der Waals surface area contributed by atoms with Crippen LogP contribution in [-0.2, 0) is 20.9 Å². The fraction of sp³-hybridized carbons (Fsp3) is 0.217. The molecule has 0 saturated carbocycles. The summed E-state index contributed by atoms with van der Waals surface area (Å²) in [5, 5.41) is 10.9. The molecule has 0 aliphatic carbocycles. The van der Waals surface area contributed by atoms with Gasteiger partial charge < -0.3 is 10.1 Å². The molecule has 154 valence electrons. The van der Waals surface area contributed by atoms with Crippen LogP contribution >= 0.6 is 0 Å². The van der Waals surface area contributed by atoms with Crippen molar-refractivity contribution in [2.45, 2.75) is 33.4 Å². The van der Waals surface area contributed by atoms with Crippen molar-refractivity contribution in [2.75, 3.05) is 5.32 Å². The van der Waals surface area contributed by atoms with Gasteiger partial charge in [0, 0.05) is 11.8 Å². The average Bonchev–Trinajstić information content (AvgIpc) is 3.17. The zero-order valence-corrected chi connectivity index (χ0v) is 17.2. The number of hydrogen-bond donors (Lipinski definition) is 1. The van der Waals surface area contributed by atoms with Crippen LogP contribution in [0.15, 0.2) is 60.8 Å². The Labute approximate surface area is 175 Å². The van der Waals surface area contributed by atoms with Crippen molar-refractivity contribution in [1.82, 2.24) is 15.0 Å². The summed E-state index contributed by atoms with van der Waals surface area (Å²) in [6.07, 6.45) is 3.54. The minimum atomic E-state index is -0.935. The van der Waals surface area contributed by atoms with Gasteiger partial charge in [-0.1, -0.05) is 53.7 Å². The standard InChI is InChI=1S/C23H24N4O3/c1-16-8-7-9-17(2)22(16)24-23(29)18(3)30-21(28)13-12-20-15-27(26-25-20)14-19-10-5-4-6-11-19/h4-13,15,18H,14H2,1-3H3,(H,24,29)/b13-12+/t18-/m0/s1. The van der Waals surface area contributed by atoms with Crippen molar-refractivity contribution < 1.29 is 14.3 Å². The first-order chi connectivity index (χ1) is 14.4. The number of benzene rings is 2. The Morgan fingerprint density at radius 1 is 1.10 bits per heavy atom. The van der Waals surface area contributed by atoms with Gasteiger partial charge in [0.25, 0.3) is 5.91 Å². The van der Waals surface area contributed by atoms with Crippen LogP contribution in [0.25, 0.3) is 6.08 Å². The van der Waals surface area contributed by atoms with Crippen LogP contribution in [0.4, 0.5) is 5.69 Å². The van der Waals surface area contributed by atoms with Crippen molar-refractivity contribution in [1.29, 1.82) is 0 Å². The molecule has 0 unspecified atom stereocenters. The summed E-state index contributed by atoms with van der Waals surface area (Å²) >= 11 is 0. The minimum Gasteiger partial charge on any atom is -0.449 e. The second kappa shape index (κ2) is 9.65. The van der Waals surface area contributed by atoms with Gasteiger partial charge in [0.15, 0.2) is 6.10 Å². The molecular weight excluding hydrogens is 380 g/mol. The fourth-order valence-electron chi connectivity index (χ4n) is 2.89. The third-order valence-corrected chi connectivity index (χ3v) is 4.53. The van der Waals surface area contributed by atoms with Gasteiger partial charge in [0.2, 0.25) is 0 Å². The highest BCUT2D eigenvalue weighted by molar-refractivity contribution is 5.97. The van der Waals surface area contributed by atoms with Crippen molar-refractivity contribution in [3.63, 3.8) is 0 Å². The largest absolute Gasteiger partial charge is 0.449 e. The summed E-state index contributed by atoms with van der Waals surface area (Å²) in [6, 6.07) is 15.6. The van der Waals surface area contributed by atoms with Crippen molar-refractivity contribution in [3.05, 3.63) is 83.2 Å². The van der Waals surface area contributed by atoms with Crippen LogP contribution in [0, 0.1) is 13.8 Å². The van der Waals surface area contributed by atoms with Crippen LogP contribution in [0.2, 0.25) is 0 Å². The second-order valence-electron chi connectivity index (χ2n) is 7.00. The molecular formula is C23H24N4O3. The van der Waals surface area contributed by atoms with E-state index in [4.69, 9.17) is 4.74 Å². The van der Waals surface area contributed by atoms with Crippen molar-refractivity contribution >= 4 is 23.6 Å². The number of nitrogens with zero attached hydrogens (tertiary/aromatic N) is 3. The minimum absolute atomic E-state index is 0.386. The number of esters is 1. The number of anilines is 1. The molecule has 0 aliphatic heterocycles. The lowest BCUT2D eigenvalue weighted by atomic mass is 10.1. The Morgan fingerprint density at radius 3 is 2.50 bits per heavy atom. The SMILES string of the molecule is Cc1cccc(C)c1NC(=O)[C@H](C)OC(=O)/C=C/c1cn(Cc2ccccc2)nn1. The molecule has 0 saturated heterocycles. The smallest absolute Gasteiger partial charge is 0.331 e. The normalized spacial score (nSPS) is 12.0. The predicted molar refractivity (Wildman–Crippen MR) is 115 cm³/mol. The number of rotatable bonds is 7. The molecule has 2 aromatic carbocycles. The lowest BCUT2D eigenvalue weighted by molar-refractivity contribution is -0.148. The molecule has 0 aliphatic rings. The molecule has 0 fully saturated rings. The fourth-order valence-corrected chi connectivity index (χ4v) is 2.89. The molecule has 0 spiro atoms. The molecule has 0 bridgehead atoms. The molecule has 3 rings (SSSR count). The molecule has 1 amide bonds. The van der Waals surface area contributed by atoms with E-state index in [1.165, 1.54) is 19.1 Å². The van der Waals surface area contributed by atoms with Crippen molar-refractivity contribution in [3.8, 4) is 0 Å². The summed E-state index contributed by atoms with van der Waals surface area (Å²) in [5.74, 6) is -1.01. The van der Waals surface area contributed by atoms with Gasteiger partial charge >= 0.3 is 5.97 Å². The first kappa shape index (κ1) is 21.0. The van der Waals surface area contributed by atoms with Crippen LogP contribution in [0.5, 0.6) is 0 Å². The van der Waals surface area contributed by atoms with Gasteiger partial charge in [-0.2, -0.15) is 0 Å². The van der Waals surface area contributed by atoms with Gasteiger partial charge in [0.05, 0.1) is 12.7 Å². The predicted octanol–water partition coefficient (Wildman–Crippen LogP) is 3.53. The van der Waals surface area contributed by atoms with Crippen LogP contribution in [0.3, 0.4) is 0 Å². The number of para-hydroxylation sites is 1. The summed E-state index contributed by atoms with van der Waals surface area (Å²) in [6.45, 7) is 5.94. The maximum absolute atomic E-state index is 12.4. The lowest BCUT2D eigenvalue weighted by Gasteiger charge is -2.15. The van der Waals surface area contributed by atoms with E-state index in [9.17, 15) is 9.59 Å². The molecule has 1 atom stereocenters. The topological polar surface area (TPSA) is 86.1 Å². The quantitative estimate of drug-likeness (QED) is 0.481. The number of aryl methyl sites for hydroxylation is 2. The summed E-state index contributed by atoms with van der Waals surface area (Å²) in [5.41, 5.74) is 4.24. The molecule has 3 aromatic rings. The molecule has 1 aromatic heterocycles. The number of nitrogens with one attached hydrogen (secondary N) is 1. The number of carbonyl (C=O) groups is 2. The highest BCUT2D eigenvalue weighted by Gasteiger charge is 2.18. The first-order valence-electron chi connectivity index (χ1n) is 9.62. The Morgan fingerprint density at radius 2 is 1.80 bits per heavy atom. The van der Waals surface area contributed by atoms with Crippen LogP contribution in [-0.4, -0.2) is 33.0 Å².